The molecule has 1 saturated heterocycles. The third kappa shape index (κ3) is 3.57. The number of Topliss-reactive ketones (excluding diaryl/α,β-unsaturated/α-hetero) is 1. The average Bonchev–Trinajstić information content (AvgIpc) is 2.32. The number of nitrogens with zero attached hydrogens (tertiary/aromatic N) is 1. The maximum Gasteiger partial charge on any atom is 0.248 e. The van der Waals surface area contributed by atoms with Gasteiger partial charge in [0.1, 0.15) is 6.54 Å². The van der Waals surface area contributed by atoms with Crippen molar-refractivity contribution in [3.63, 3.8) is 0 Å². The van der Waals surface area contributed by atoms with Crippen molar-refractivity contribution in [1.29, 1.82) is 0 Å². The van der Waals surface area contributed by atoms with Gasteiger partial charge in [-0.15, -0.1) is 0 Å². The molecule has 0 aromatic heterocycles. The summed E-state index contributed by atoms with van der Waals surface area (Å²) in [6.45, 7) is 1.14. The molecule has 1 N–H and O–H groups in total. The van der Waals surface area contributed by atoms with Crippen molar-refractivity contribution in [3.05, 3.63) is 0 Å². The summed E-state index contributed by atoms with van der Waals surface area (Å²) >= 11 is 0. The predicted molar refractivity (Wildman–Crippen MR) is 47.9 cm³/mol. The van der Waals surface area contributed by atoms with E-state index in [1.807, 2.05) is 0 Å². The number of carbonyl (C=O) groups excluding carboxylic acids is 2. The summed E-state index contributed by atoms with van der Waals surface area (Å²) in [6, 6.07) is 0. The zero-order chi connectivity index (χ0) is 10.8. The van der Waals surface area contributed by atoms with Gasteiger partial charge in [-0.3, -0.25) is 19.0 Å². The summed E-state index contributed by atoms with van der Waals surface area (Å²) in [5.74, 6) is -0.726. The van der Waals surface area contributed by atoms with Crippen LogP contribution in [0.5, 0.6) is 0 Å². The second kappa shape index (κ2) is 4.21. The highest BCUT2D eigenvalue weighted by Crippen LogP contribution is 2.34. The van der Waals surface area contributed by atoms with Crippen LogP contribution in [0.3, 0.4) is 0 Å². The van der Waals surface area contributed by atoms with Gasteiger partial charge in [0.25, 0.3) is 0 Å². The van der Waals surface area contributed by atoms with Crippen molar-refractivity contribution in [2.75, 3.05) is 26.0 Å². The van der Waals surface area contributed by atoms with E-state index in [9.17, 15) is 14.2 Å². The molecule has 7 heteroatoms. The molecule has 0 aliphatic carbocycles. The molecule has 80 valence electrons. The number of rotatable bonds is 4. The number of amides is 1. The van der Waals surface area contributed by atoms with Crippen LogP contribution in [0, 0.1) is 0 Å². The molecule has 1 aliphatic rings. The van der Waals surface area contributed by atoms with Gasteiger partial charge >= 0.3 is 0 Å². The Bertz CT molecular complexity index is 296. The molecule has 0 spiro atoms. The average molecular weight is 221 g/mol. The summed E-state index contributed by atoms with van der Waals surface area (Å²) in [4.78, 5) is 35.9. The molecule has 0 radical (unpaired) electrons. The van der Waals surface area contributed by atoms with Crippen molar-refractivity contribution in [2.45, 2.75) is 6.42 Å². The van der Waals surface area contributed by atoms with Gasteiger partial charge in [0, 0.05) is 6.66 Å². The van der Waals surface area contributed by atoms with E-state index in [4.69, 9.17) is 9.73 Å². The van der Waals surface area contributed by atoms with E-state index in [-0.39, 0.29) is 25.5 Å². The largest absolute Gasteiger partial charge is 0.344 e. The lowest BCUT2D eigenvalue weighted by Crippen LogP contribution is -2.31. The van der Waals surface area contributed by atoms with E-state index in [1.54, 1.807) is 0 Å². The van der Waals surface area contributed by atoms with Gasteiger partial charge < -0.3 is 4.89 Å². The normalized spacial score (nSPS) is 21.0. The molecule has 0 aromatic carbocycles. The fourth-order valence-corrected chi connectivity index (χ4v) is 1.87. The molecule has 14 heavy (non-hydrogen) atoms. The van der Waals surface area contributed by atoms with Crippen molar-refractivity contribution >= 4 is 19.1 Å². The van der Waals surface area contributed by atoms with E-state index in [2.05, 4.69) is 0 Å². The molecule has 0 bridgehead atoms. The maximum atomic E-state index is 11.2. The highest BCUT2D eigenvalue weighted by Gasteiger charge is 2.26. The molecule has 1 atom stereocenters. The number of hydrogen-bond donors (Lipinski definition) is 1. The molecular weight excluding hydrogens is 209 g/mol. The lowest BCUT2D eigenvalue weighted by atomic mass is 10.4. The van der Waals surface area contributed by atoms with Gasteiger partial charge in [0.15, 0.2) is 5.78 Å². The Balaban J connectivity index is 2.41. The van der Waals surface area contributed by atoms with Crippen LogP contribution < -0.4 is 0 Å². The van der Waals surface area contributed by atoms with Crippen molar-refractivity contribution < 1.29 is 23.9 Å². The minimum Gasteiger partial charge on any atom is -0.344 e. The number of carbonyl (C=O) groups is 2. The Hall–Kier alpha value is -0.710. The molecule has 6 nitrogen and oxygen atoms in total. The molecule has 1 unspecified atom stereocenters. The van der Waals surface area contributed by atoms with Gasteiger partial charge in [0.2, 0.25) is 13.3 Å². The first-order valence-corrected chi connectivity index (χ1v) is 6.42. The summed E-state index contributed by atoms with van der Waals surface area (Å²) in [7, 11) is -3.34. The van der Waals surface area contributed by atoms with Crippen LogP contribution in [0.1, 0.15) is 6.42 Å². The van der Waals surface area contributed by atoms with Crippen LogP contribution in [-0.4, -0.2) is 47.6 Å². The molecule has 1 fully saturated rings. The maximum absolute atomic E-state index is 11.2. The van der Waals surface area contributed by atoms with Gasteiger partial charge in [0.05, 0.1) is 19.2 Å². The first-order chi connectivity index (χ1) is 6.38. The van der Waals surface area contributed by atoms with Gasteiger partial charge in [-0.2, -0.15) is 0 Å². The Morgan fingerprint density at radius 2 is 2.36 bits per heavy atom. The van der Waals surface area contributed by atoms with Crippen LogP contribution >= 0.6 is 7.37 Å². The topological polar surface area (TPSA) is 83.9 Å². The standard InChI is InChI=1S/C7H12NO5P/c1-14(11,12)5-6(9)4-8-7(10)2-3-13-8/h2-5H2,1H3,(H,11,12). The summed E-state index contributed by atoms with van der Waals surface area (Å²) in [5, 5.41) is 0.942. The first kappa shape index (κ1) is 11.4. The van der Waals surface area contributed by atoms with Crippen LogP contribution in [0.15, 0.2) is 0 Å². The van der Waals surface area contributed by atoms with E-state index < -0.39 is 19.3 Å². The third-order valence-corrected chi connectivity index (χ3v) is 2.57. The number of hydroxylamine groups is 2. The SMILES string of the molecule is CP(=O)(O)CC(=O)CN1OCCC1=O. The van der Waals surface area contributed by atoms with Gasteiger partial charge in [-0.05, 0) is 0 Å². The van der Waals surface area contributed by atoms with E-state index >= 15 is 0 Å². The first-order valence-electron chi connectivity index (χ1n) is 4.13. The predicted octanol–water partition coefficient (Wildman–Crippen LogP) is -0.380. The zero-order valence-corrected chi connectivity index (χ0v) is 8.70. The molecular formula is C7H12NO5P. The summed E-state index contributed by atoms with van der Waals surface area (Å²) in [6.07, 6.45) is -0.156. The Morgan fingerprint density at radius 3 is 2.79 bits per heavy atom. The molecule has 1 aliphatic heterocycles. The fraction of sp³-hybridized carbons (Fsp3) is 0.714. The van der Waals surface area contributed by atoms with Crippen LogP contribution in [-0.2, 0) is 19.0 Å². The van der Waals surface area contributed by atoms with Crippen LogP contribution in [0.2, 0.25) is 0 Å². The molecule has 1 amide bonds. The van der Waals surface area contributed by atoms with E-state index in [1.165, 1.54) is 0 Å². The Morgan fingerprint density at radius 1 is 1.71 bits per heavy atom. The highest BCUT2D eigenvalue weighted by atomic mass is 31.2. The molecule has 0 saturated carbocycles. The van der Waals surface area contributed by atoms with Crippen molar-refractivity contribution in [2.24, 2.45) is 0 Å². The van der Waals surface area contributed by atoms with E-state index in [0.717, 1.165) is 11.7 Å². The summed E-state index contributed by atoms with van der Waals surface area (Å²) < 4.78 is 10.9. The van der Waals surface area contributed by atoms with Crippen molar-refractivity contribution in [3.8, 4) is 0 Å². The third-order valence-electron chi connectivity index (χ3n) is 1.63. The highest BCUT2D eigenvalue weighted by molar-refractivity contribution is 7.58. The second-order valence-electron chi connectivity index (χ2n) is 3.26. The molecule has 0 aromatic rings. The zero-order valence-electron chi connectivity index (χ0n) is 7.80. The molecule has 1 heterocycles. The van der Waals surface area contributed by atoms with Crippen LogP contribution in [0.4, 0.5) is 0 Å². The Kier molecular flexibility index (Phi) is 3.42. The number of ketones is 1. The summed E-state index contributed by atoms with van der Waals surface area (Å²) in [5.41, 5.74) is 0. The smallest absolute Gasteiger partial charge is 0.248 e. The second-order valence-corrected chi connectivity index (χ2v) is 5.68. The van der Waals surface area contributed by atoms with Crippen LogP contribution in [0.25, 0.3) is 0 Å². The molecule has 1 rings (SSSR count). The van der Waals surface area contributed by atoms with E-state index in [0.29, 0.717) is 0 Å². The minimum atomic E-state index is -3.34. The quantitative estimate of drug-likeness (QED) is 0.654. The fourth-order valence-electron chi connectivity index (χ4n) is 1.11. The van der Waals surface area contributed by atoms with Gasteiger partial charge in [-0.25, -0.2) is 5.06 Å². The lowest BCUT2D eigenvalue weighted by molar-refractivity contribution is -0.164. The Labute approximate surface area is 81.2 Å². The number of hydrogen-bond acceptors (Lipinski definition) is 4. The monoisotopic (exact) mass is 221 g/mol. The lowest BCUT2D eigenvalue weighted by Gasteiger charge is -2.13. The van der Waals surface area contributed by atoms with Gasteiger partial charge in [-0.1, -0.05) is 0 Å². The minimum absolute atomic E-state index is 0.239. The van der Waals surface area contributed by atoms with Crippen molar-refractivity contribution in [1.82, 2.24) is 5.06 Å².